The molecule has 7 nitrogen and oxygen atoms in total. The molecule has 3 heterocycles. The average molecular weight is 644 g/mol. The van der Waals surface area contributed by atoms with Gasteiger partial charge >= 0.3 is 12.1 Å². The number of anilines is 1. The third kappa shape index (κ3) is 5.76. The highest BCUT2D eigenvalue weighted by Crippen LogP contribution is 2.55. The lowest BCUT2D eigenvalue weighted by Crippen LogP contribution is -2.44. The van der Waals surface area contributed by atoms with E-state index in [2.05, 4.69) is 27.2 Å². The molecule has 0 amide bonds. The van der Waals surface area contributed by atoms with Crippen molar-refractivity contribution >= 4 is 28.6 Å². The predicted molar refractivity (Wildman–Crippen MR) is 172 cm³/mol. The first-order chi connectivity index (χ1) is 22.7. The molecule has 4 aliphatic rings. The summed E-state index contributed by atoms with van der Waals surface area (Å²) in [6, 6.07) is 13.1. The molecule has 1 spiro atoms. The Morgan fingerprint density at radius 3 is 2.47 bits per heavy atom. The van der Waals surface area contributed by atoms with E-state index in [4.69, 9.17) is 9.26 Å². The third-order valence-electron chi connectivity index (χ3n) is 10.5. The number of fused-ring (bicyclic) bond motifs is 1. The van der Waals surface area contributed by atoms with Crippen LogP contribution in [0.15, 0.2) is 58.6 Å². The van der Waals surface area contributed by atoms with Crippen LogP contribution in [-0.2, 0) is 6.18 Å². The van der Waals surface area contributed by atoms with Gasteiger partial charge in [0.05, 0.1) is 17.2 Å². The van der Waals surface area contributed by atoms with Crippen molar-refractivity contribution in [3.8, 4) is 17.0 Å². The van der Waals surface area contributed by atoms with Crippen LogP contribution in [0.4, 0.5) is 18.9 Å². The zero-order chi connectivity index (χ0) is 32.3. The highest BCUT2D eigenvalue weighted by Gasteiger charge is 2.44. The van der Waals surface area contributed by atoms with Gasteiger partial charge in [0.2, 0.25) is 0 Å². The van der Waals surface area contributed by atoms with Gasteiger partial charge in [-0.05, 0) is 100.0 Å². The Balaban J connectivity index is 0.999. The third-order valence-corrected chi connectivity index (χ3v) is 10.5. The van der Waals surface area contributed by atoms with Gasteiger partial charge in [0.25, 0.3) is 0 Å². The number of rotatable bonds is 7. The fourth-order valence-electron chi connectivity index (χ4n) is 7.80. The van der Waals surface area contributed by atoms with E-state index in [-0.39, 0.29) is 34.4 Å². The van der Waals surface area contributed by atoms with Crippen LogP contribution >= 0.6 is 0 Å². The summed E-state index contributed by atoms with van der Waals surface area (Å²) in [5, 5.41) is 14.6. The van der Waals surface area contributed by atoms with Gasteiger partial charge in [0.1, 0.15) is 17.2 Å². The van der Waals surface area contributed by atoms with E-state index in [1.54, 1.807) is 12.1 Å². The molecule has 3 saturated carbocycles. The summed E-state index contributed by atoms with van der Waals surface area (Å²) in [6.45, 7) is 1.76. The second kappa shape index (κ2) is 11.4. The van der Waals surface area contributed by atoms with Gasteiger partial charge < -0.3 is 19.3 Å². The Hall–Kier alpha value is -4.34. The van der Waals surface area contributed by atoms with Crippen LogP contribution < -0.4 is 9.64 Å². The van der Waals surface area contributed by atoms with Crippen molar-refractivity contribution in [2.45, 2.75) is 82.4 Å². The van der Waals surface area contributed by atoms with Crippen molar-refractivity contribution in [3.63, 3.8) is 0 Å². The summed E-state index contributed by atoms with van der Waals surface area (Å²) >= 11 is 0. The average Bonchev–Trinajstić information content (AvgIpc) is 3.59. The molecule has 1 aliphatic heterocycles. The fraction of sp³-hybridized carbons (Fsp3) is 0.432. The Labute approximate surface area is 270 Å². The Kier molecular flexibility index (Phi) is 7.29. The lowest BCUT2D eigenvalue weighted by molar-refractivity contribution is -0.137. The van der Waals surface area contributed by atoms with Crippen molar-refractivity contribution in [1.82, 2.24) is 10.1 Å². The van der Waals surface area contributed by atoms with E-state index in [9.17, 15) is 23.1 Å². The van der Waals surface area contributed by atoms with Gasteiger partial charge in [-0.15, -0.1) is 0 Å². The number of aromatic carboxylic acids is 1. The monoisotopic (exact) mass is 643 g/mol. The van der Waals surface area contributed by atoms with Crippen LogP contribution in [0.5, 0.6) is 5.75 Å². The molecule has 4 aromatic rings. The highest BCUT2D eigenvalue weighted by atomic mass is 19.4. The van der Waals surface area contributed by atoms with E-state index in [0.29, 0.717) is 22.6 Å². The number of halogens is 3. The van der Waals surface area contributed by atoms with Crippen molar-refractivity contribution in [3.05, 3.63) is 76.7 Å². The first kappa shape index (κ1) is 30.0. The number of allylic oxidation sites excluding steroid dienone is 1. The molecule has 0 unspecified atom stereocenters. The zero-order valence-electron chi connectivity index (χ0n) is 26.0. The molecule has 244 valence electrons. The van der Waals surface area contributed by atoms with E-state index in [1.165, 1.54) is 17.7 Å². The molecule has 1 N–H and O–H groups in total. The van der Waals surface area contributed by atoms with Crippen LogP contribution in [0.25, 0.3) is 28.2 Å². The number of piperidine rings is 1. The second-order valence-corrected chi connectivity index (χ2v) is 13.8. The number of alkyl halides is 3. The molecule has 3 aliphatic carbocycles. The van der Waals surface area contributed by atoms with Crippen LogP contribution in [0, 0.1) is 5.41 Å². The molecular formula is C37H36F3N3O4. The largest absolute Gasteiger partial charge is 0.490 e. The van der Waals surface area contributed by atoms with Crippen LogP contribution in [-0.4, -0.2) is 40.4 Å². The lowest BCUT2D eigenvalue weighted by Gasteiger charge is -2.50. The minimum absolute atomic E-state index is 0.0147. The SMILES string of the molecule is O=C(O)c1cc(OC2CCCC2)c2cc(N3CCC4(CC3)CC(=Cc3c(-c5ccccc5C(F)(F)F)noc3C3CC3)C4)ccc2n1. The van der Waals surface area contributed by atoms with Gasteiger partial charge in [0, 0.05) is 47.3 Å². The predicted octanol–water partition coefficient (Wildman–Crippen LogP) is 9.27. The summed E-state index contributed by atoms with van der Waals surface area (Å²) in [5.41, 5.74) is 3.42. The molecule has 1 saturated heterocycles. The summed E-state index contributed by atoms with van der Waals surface area (Å²) in [6.07, 6.45) is 7.60. The van der Waals surface area contributed by atoms with Crippen LogP contribution in [0.3, 0.4) is 0 Å². The second-order valence-electron chi connectivity index (χ2n) is 13.8. The van der Waals surface area contributed by atoms with Gasteiger partial charge in [-0.3, -0.25) is 0 Å². The Morgan fingerprint density at radius 2 is 1.77 bits per heavy atom. The minimum Gasteiger partial charge on any atom is -0.490 e. The molecular weight excluding hydrogens is 607 g/mol. The molecule has 2 aromatic heterocycles. The molecule has 2 aromatic carbocycles. The number of benzene rings is 2. The van der Waals surface area contributed by atoms with Crippen molar-refractivity contribution in [2.75, 3.05) is 18.0 Å². The van der Waals surface area contributed by atoms with E-state index in [0.717, 1.165) is 94.4 Å². The minimum atomic E-state index is -4.48. The quantitative estimate of drug-likeness (QED) is 0.215. The standard InChI is InChI=1S/C37H36F3N3O4/c38-37(39,40)29-8-4-3-7-26(29)33-28(34(47-42-33)23-9-10-23)17-22-20-36(21-22)13-15-43(16-14-36)24-11-12-30-27(18-24)32(19-31(41-30)35(44)45)46-25-5-1-2-6-25/h3-4,7-8,11-12,17-19,23,25H,1-2,5-6,9-10,13-16,20-21H2,(H,44,45). The molecule has 10 heteroatoms. The fourth-order valence-corrected chi connectivity index (χ4v) is 7.80. The number of carboxylic acids is 1. The number of pyridine rings is 1. The molecule has 8 rings (SSSR count). The zero-order valence-corrected chi connectivity index (χ0v) is 26.0. The Bertz CT molecular complexity index is 1870. The highest BCUT2D eigenvalue weighted by molar-refractivity contribution is 5.94. The molecule has 47 heavy (non-hydrogen) atoms. The van der Waals surface area contributed by atoms with Crippen molar-refractivity contribution < 1.29 is 32.3 Å². The van der Waals surface area contributed by atoms with Gasteiger partial charge in [-0.1, -0.05) is 28.9 Å². The maximum atomic E-state index is 13.9. The number of aromatic nitrogens is 2. The normalized spacial score (nSPS) is 19.7. The molecule has 4 fully saturated rings. The molecule has 0 atom stereocenters. The van der Waals surface area contributed by atoms with Crippen LogP contribution in [0.2, 0.25) is 0 Å². The number of nitrogens with zero attached hydrogens (tertiary/aromatic N) is 3. The number of carboxylic acid groups (broad SMARTS) is 1. The Morgan fingerprint density at radius 1 is 1.02 bits per heavy atom. The number of hydrogen-bond acceptors (Lipinski definition) is 6. The number of carbonyl (C=O) groups is 1. The lowest BCUT2D eigenvalue weighted by atomic mass is 9.60. The first-order valence-electron chi connectivity index (χ1n) is 16.6. The summed E-state index contributed by atoms with van der Waals surface area (Å²) < 4.78 is 53.7. The van der Waals surface area contributed by atoms with Gasteiger partial charge in [0.15, 0.2) is 5.69 Å². The summed E-state index contributed by atoms with van der Waals surface area (Å²) in [4.78, 5) is 18.5. The van der Waals surface area contributed by atoms with E-state index < -0.39 is 17.7 Å². The first-order valence-corrected chi connectivity index (χ1v) is 16.6. The molecule has 0 radical (unpaired) electrons. The van der Waals surface area contributed by atoms with Gasteiger partial charge in [-0.2, -0.15) is 13.2 Å². The number of hydrogen-bond donors (Lipinski definition) is 1. The van der Waals surface area contributed by atoms with E-state index in [1.807, 2.05) is 12.1 Å². The topological polar surface area (TPSA) is 88.7 Å². The van der Waals surface area contributed by atoms with E-state index >= 15 is 0 Å². The maximum absolute atomic E-state index is 13.9. The van der Waals surface area contributed by atoms with Gasteiger partial charge in [-0.25, -0.2) is 9.78 Å². The van der Waals surface area contributed by atoms with Crippen molar-refractivity contribution in [2.24, 2.45) is 5.41 Å². The summed E-state index contributed by atoms with van der Waals surface area (Å²) in [7, 11) is 0. The smallest absolute Gasteiger partial charge is 0.417 e. The van der Waals surface area contributed by atoms with Crippen LogP contribution in [0.1, 0.15) is 97.5 Å². The van der Waals surface area contributed by atoms with Crippen molar-refractivity contribution in [1.29, 1.82) is 0 Å². The molecule has 0 bridgehead atoms. The summed E-state index contributed by atoms with van der Waals surface area (Å²) in [5.74, 6) is 0.436. The number of ether oxygens (including phenoxy) is 1. The maximum Gasteiger partial charge on any atom is 0.417 e.